The Kier molecular flexibility index (Phi) is 5.30. The smallest absolute Gasteiger partial charge is 0.339 e. The molecule has 28 heavy (non-hydrogen) atoms. The molecule has 0 saturated heterocycles. The number of anilines is 1. The minimum atomic E-state index is -0.645. The minimum absolute atomic E-state index is 0.112. The number of H-pyrrole nitrogens is 1. The predicted octanol–water partition coefficient (Wildman–Crippen LogP) is 3.00. The van der Waals surface area contributed by atoms with E-state index in [1.165, 1.54) is 32.4 Å². The van der Waals surface area contributed by atoms with Crippen LogP contribution in [-0.2, 0) is 9.47 Å². The molecule has 0 atom stereocenters. The Labute approximate surface area is 160 Å². The van der Waals surface area contributed by atoms with Gasteiger partial charge in [-0.3, -0.25) is 4.79 Å². The second kappa shape index (κ2) is 7.83. The van der Waals surface area contributed by atoms with Crippen molar-refractivity contribution >= 4 is 34.4 Å². The number of rotatable bonds is 5. The van der Waals surface area contributed by atoms with E-state index in [1.54, 1.807) is 31.4 Å². The number of fused-ring (bicyclic) bond motifs is 1. The van der Waals surface area contributed by atoms with Gasteiger partial charge >= 0.3 is 11.9 Å². The number of ether oxygens (including phenoxy) is 3. The molecule has 3 rings (SSSR count). The van der Waals surface area contributed by atoms with E-state index in [2.05, 4.69) is 15.0 Å². The number of benzene rings is 2. The van der Waals surface area contributed by atoms with Gasteiger partial charge in [-0.15, -0.1) is 0 Å². The summed E-state index contributed by atoms with van der Waals surface area (Å²) in [7, 11) is 4.03. The highest BCUT2D eigenvalue weighted by atomic mass is 16.5. The standard InChI is InChI=1S/C20H18N2O6/c1-26-13-5-7-15-12(8-13)10-17(21-15)18(23)22-16-9-11(19(24)27-2)4-6-14(16)20(25)28-3/h4-10,21H,1-3H3,(H,22,23). The molecule has 0 bridgehead atoms. The number of amides is 1. The summed E-state index contributed by atoms with van der Waals surface area (Å²) in [6, 6.07) is 11.2. The van der Waals surface area contributed by atoms with Gasteiger partial charge in [0.15, 0.2) is 0 Å². The molecule has 0 radical (unpaired) electrons. The van der Waals surface area contributed by atoms with Crippen LogP contribution in [0.3, 0.4) is 0 Å². The maximum atomic E-state index is 12.7. The van der Waals surface area contributed by atoms with Crippen LogP contribution >= 0.6 is 0 Å². The Morgan fingerprint density at radius 1 is 0.893 bits per heavy atom. The Bertz CT molecular complexity index is 1070. The van der Waals surface area contributed by atoms with E-state index >= 15 is 0 Å². The number of nitrogens with one attached hydrogen (secondary N) is 2. The molecule has 3 aromatic rings. The summed E-state index contributed by atoms with van der Waals surface area (Å²) < 4.78 is 14.6. The van der Waals surface area contributed by atoms with Gasteiger partial charge in [0, 0.05) is 10.9 Å². The number of carbonyl (C=O) groups is 3. The van der Waals surface area contributed by atoms with Gasteiger partial charge in [-0.05, 0) is 42.5 Å². The Morgan fingerprint density at radius 3 is 2.32 bits per heavy atom. The van der Waals surface area contributed by atoms with E-state index in [4.69, 9.17) is 9.47 Å². The van der Waals surface area contributed by atoms with Crippen molar-refractivity contribution in [2.24, 2.45) is 0 Å². The van der Waals surface area contributed by atoms with Crippen LogP contribution in [0.15, 0.2) is 42.5 Å². The summed E-state index contributed by atoms with van der Waals surface area (Å²) in [5.41, 5.74) is 1.47. The Hall–Kier alpha value is -3.81. The summed E-state index contributed by atoms with van der Waals surface area (Å²) >= 11 is 0. The molecule has 0 aliphatic carbocycles. The van der Waals surface area contributed by atoms with Gasteiger partial charge in [-0.2, -0.15) is 0 Å². The third kappa shape index (κ3) is 3.66. The monoisotopic (exact) mass is 382 g/mol. The average molecular weight is 382 g/mol. The van der Waals surface area contributed by atoms with Crippen LogP contribution in [0, 0.1) is 0 Å². The van der Waals surface area contributed by atoms with Crippen LogP contribution in [0.25, 0.3) is 10.9 Å². The van der Waals surface area contributed by atoms with E-state index in [-0.39, 0.29) is 22.5 Å². The van der Waals surface area contributed by atoms with Crippen LogP contribution < -0.4 is 10.1 Å². The first-order valence-electron chi connectivity index (χ1n) is 8.25. The molecule has 1 aromatic heterocycles. The fourth-order valence-corrected chi connectivity index (χ4v) is 2.73. The number of aromatic nitrogens is 1. The van der Waals surface area contributed by atoms with Crippen molar-refractivity contribution in [2.45, 2.75) is 0 Å². The van der Waals surface area contributed by atoms with Gasteiger partial charge in [-0.1, -0.05) is 0 Å². The zero-order chi connectivity index (χ0) is 20.3. The number of hydrogen-bond donors (Lipinski definition) is 2. The summed E-state index contributed by atoms with van der Waals surface area (Å²) in [6.45, 7) is 0. The van der Waals surface area contributed by atoms with Crippen molar-refractivity contribution in [3.05, 3.63) is 59.3 Å². The van der Waals surface area contributed by atoms with Crippen LogP contribution in [0.5, 0.6) is 5.75 Å². The van der Waals surface area contributed by atoms with Crippen molar-refractivity contribution in [3.63, 3.8) is 0 Å². The maximum absolute atomic E-state index is 12.7. The molecule has 2 aromatic carbocycles. The highest BCUT2D eigenvalue weighted by Gasteiger charge is 2.19. The molecule has 144 valence electrons. The number of carbonyl (C=O) groups excluding carboxylic acids is 3. The summed E-state index contributed by atoms with van der Waals surface area (Å²) in [4.78, 5) is 39.5. The molecule has 8 heteroatoms. The van der Waals surface area contributed by atoms with Gasteiger partial charge in [0.25, 0.3) is 5.91 Å². The molecule has 1 amide bonds. The molecule has 0 saturated carbocycles. The van der Waals surface area contributed by atoms with Crippen molar-refractivity contribution in [2.75, 3.05) is 26.6 Å². The fourth-order valence-electron chi connectivity index (χ4n) is 2.73. The lowest BCUT2D eigenvalue weighted by molar-refractivity contribution is 0.0587. The number of methoxy groups -OCH3 is 3. The maximum Gasteiger partial charge on any atom is 0.339 e. The van der Waals surface area contributed by atoms with E-state index in [0.717, 1.165) is 10.9 Å². The zero-order valence-corrected chi connectivity index (χ0v) is 15.5. The van der Waals surface area contributed by atoms with E-state index < -0.39 is 17.8 Å². The van der Waals surface area contributed by atoms with Crippen molar-refractivity contribution in [1.29, 1.82) is 0 Å². The Morgan fingerprint density at radius 2 is 1.64 bits per heavy atom. The molecule has 0 fully saturated rings. The molecule has 2 N–H and O–H groups in total. The second-order valence-electron chi connectivity index (χ2n) is 5.83. The van der Waals surface area contributed by atoms with Crippen molar-refractivity contribution in [1.82, 2.24) is 4.98 Å². The molecular weight excluding hydrogens is 364 g/mol. The molecule has 8 nitrogen and oxygen atoms in total. The highest BCUT2D eigenvalue weighted by molar-refractivity contribution is 6.09. The van der Waals surface area contributed by atoms with E-state index in [9.17, 15) is 14.4 Å². The fraction of sp³-hybridized carbons (Fsp3) is 0.150. The third-order valence-electron chi connectivity index (χ3n) is 4.17. The molecule has 0 spiro atoms. The molecule has 0 unspecified atom stereocenters. The summed E-state index contributed by atoms with van der Waals surface area (Å²) in [5, 5.41) is 3.43. The van der Waals surface area contributed by atoms with Gasteiger partial charge in [0.2, 0.25) is 0 Å². The first kappa shape index (κ1) is 19.0. The third-order valence-corrected chi connectivity index (χ3v) is 4.17. The quantitative estimate of drug-likeness (QED) is 0.657. The van der Waals surface area contributed by atoms with Crippen LogP contribution in [0.2, 0.25) is 0 Å². The van der Waals surface area contributed by atoms with Crippen molar-refractivity contribution < 1.29 is 28.6 Å². The summed E-state index contributed by atoms with van der Waals surface area (Å²) in [6.07, 6.45) is 0. The van der Waals surface area contributed by atoms with E-state index in [0.29, 0.717) is 5.75 Å². The second-order valence-corrected chi connectivity index (χ2v) is 5.83. The normalized spacial score (nSPS) is 10.4. The first-order chi connectivity index (χ1) is 13.5. The van der Waals surface area contributed by atoms with Gasteiger partial charge < -0.3 is 24.5 Å². The molecule has 1 heterocycles. The number of hydrogen-bond acceptors (Lipinski definition) is 6. The topological polar surface area (TPSA) is 107 Å². The number of aromatic amines is 1. The largest absolute Gasteiger partial charge is 0.497 e. The van der Waals surface area contributed by atoms with Crippen molar-refractivity contribution in [3.8, 4) is 5.75 Å². The molecule has 0 aliphatic heterocycles. The van der Waals surface area contributed by atoms with Crippen LogP contribution in [0.4, 0.5) is 5.69 Å². The SMILES string of the molecule is COC(=O)c1ccc(C(=O)OC)c(NC(=O)c2cc3cc(OC)ccc3[nH]2)c1. The van der Waals surface area contributed by atoms with Crippen LogP contribution in [0.1, 0.15) is 31.2 Å². The van der Waals surface area contributed by atoms with Gasteiger partial charge in [0.1, 0.15) is 11.4 Å². The van der Waals surface area contributed by atoms with E-state index in [1.807, 2.05) is 0 Å². The summed E-state index contributed by atoms with van der Waals surface area (Å²) in [5.74, 6) is -1.06. The molecular formula is C20H18N2O6. The van der Waals surface area contributed by atoms with Crippen LogP contribution in [-0.4, -0.2) is 44.2 Å². The number of esters is 2. The lowest BCUT2D eigenvalue weighted by atomic mass is 10.1. The minimum Gasteiger partial charge on any atom is -0.497 e. The average Bonchev–Trinajstić information content (AvgIpc) is 3.15. The lowest BCUT2D eigenvalue weighted by Crippen LogP contribution is -2.16. The molecule has 0 aliphatic rings. The lowest BCUT2D eigenvalue weighted by Gasteiger charge is -2.11. The van der Waals surface area contributed by atoms with Gasteiger partial charge in [-0.25, -0.2) is 9.59 Å². The Balaban J connectivity index is 1.95. The predicted molar refractivity (Wildman–Crippen MR) is 102 cm³/mol. The zero-order valence-electron chi connectivity index (χ0n) is 15.5. The first-order valence-corrected chi connectivity index (χ1v) is 8.25. The van der Waals surface area contributed by atoms with Gasteiger partial charge in [0.05, 0.1) is 38.1 Å². The highest BCUT2D eigenvalue weighted by Crippen LogP contribution is 2.24.